The highest BCUT2D eigenvalue weighted by Crippen LogP contribution is 2.39. The van der Waals surface area contributed by atoms with Gasteiger partial charge in [0.15, 0.2) is 0 Å². The molecule has 1 heterocycles. The van der Waals surface area contributed by atoms with Crippen LogP contribution >= 0.6 is 0 Å². The number of nitrogens with zero attached hydrogens (tertiary/aromatic N) is 1. The molecule has 1 aromatic heterocycles. The van der Waals surface area contributed by atoms with E-state index in [9.17, 15) is 0 Å². The first-order chi connectivity index (χ1) is 7.77. The maximum atomic E-state index is 6.12. The fraction of sp³-hybridized carbons (Fsp3) is 0.769. The summed E-state index contributed by atoms with van der Waals surface area (Å²) >= 11 is 0. The van der Waals surface area contributed by atoms with Gasteiger partial charge < -0.3 is 10.3 Å². The summed E-state index contributed by atoms with van der Waals surface area (Å²) in [7, 11) is 0. The average molecular weight is 220 g/mol. The summed E-state index contributed by atoms with van der Waals surface area (Å²) < 4.78 is 5.15. The van der Waals surface area contributed by atoms with Crippen LogP contribution in [0.5, 0.6) is 0 Å². The Kier molecular flexibility index (Phi) is 2.51. The van der Waals surface area contributed by atoms with Gasteiger partial charge >= 0.3 is 0 Å². The summed E-state index contributed by atoms with van der Waals surface area (Å²) in [6, 6.07) is 0. The molecule has 0 aromatic carbocycles. The molecule has 2 saturated carbocycles. The van der Waals surface area contributed by atoms with Crippen molar-refractivity contribution in [2.24, 2.45) is 5.73 Å². The van der Waals surface area contributed by atoms with E-state index < -0.39 is 0 Å². The predicted octanol–water partition coefficient (Wildman–Crippen LogP) is 2.76. The second kappa shape index (κ2) is 3.88. The van der Waals surface area contributed by atoms with E-state index in [2.05, 4.69) is 5.16 Å². The summed E-state index contributed by atoms with van der Waals surface area (Å²) in [5, 5.41) is 4.20. The van der Waals surface area contributed by atoms with E-state index in [0.717, 1.165) is 12.8 Å². The number of hydrogen-bond acceptors (Lipinski definition) is 3. The van der Waals surface area contributed by atoms with E-state index in [0.29, 0.717) is 5.92 Å². The van der Waals surface area contributed by atoms with Crippen LogP contribution in [0.1, 0.15) is 62.1 Å². The Hall–Kier alpha value is -0.830. The maximum Gasteiger partial charge on any atom is 0.127 e. The minimum atomic E-state index is 0.143. The predicted molar refractivity (Wildman–Crippen MR) is 62.2 cm³/mol. The molecule has 0 saturated heterocycles. The molecule has 0 aliphatic heterocycles. The molecular formula is C13H20N2O. The van der Waals surface area contributed by atoms with Gasteiger partial charge in [-0.15, -0.1) is 0 Å². The second-order valence-electron chi connectivity index (χ2n) is 5.57. The van der Waals surface area contributed by atoms with Crippen LogP contribution in [0.25, 0.3) is 0 Å². The van der Waals surface area contributed by atoms with Crippen LogP contribution in [0.15, 0.2) is 10.8 Å². The second-order valence-corrected chi connectivity index (χ2v) is 5.57. The molecule has 2 aliphatic carbocycles. The highest BCUT2D eigenvalue weighted by atomic mass is 16.5. The fourth-order valence-electron chi connectivity index (χ4n) is 2.78. The SMILES string of the molecule is NC1(CCc2conc2C2CCCC2)CC1. The molecule has 3 heteroatoms. The third-order valence-electron chi connectivity index (χ3n) is 4.20. The van der Waals surface area contributed by atoms with Gasteiger partial charge in [0.05, 0.1) is 5.69 Å². The van der Waals surface area contributed by atoms with Gasteiger partial charge in [0, 0.05) is 17.0 Å². The summed E-state index contributed by atoms with van der Waals surface area (Å²) in [5.41, 5.74) is 8.79. The Bertz CT molecular complexity index is 362. The van der Waals surface area contributed by atoms with E-state index in [1.165, 1.54) is 49.8 Å². The van der Waals surface area contributed by atoms with E-state index in [1.807, 2.05) is 6.26 Å². The van der Waals surface area contributed by atoms with Gasteiger partial charge in [0.1, 0.15) is 6.26 Å². The van der Waals surface area contributed by atoms with Gasteiger partial charge in [0.2, 0.25) is 0 Å². The van der Waals surface area contributed by atoms with E-state index in [-0.39, 0.29) is 5.54 Å². The van der Waals surface area contributed by atoms with Gasteiger partial charge in [-0.3, -0.25) is 0 Å². The van der Waals surface area contributed by atoms with Crippen molar-refractivity contribution in [1.82, 2.24) is 5.16 Å². The fourth-order valence-corrected chi connectivity index (χ4v) is 2.78. The number of hydrogen-bond donors (Lipinski definition) is 1. The van der Waals surface area contributed by atoms with Crippen LogP contribution in [0.3, 0.4) is 0 Å². The zero-order valence-electron chi connectivity index (χ0n) is 9.74. The Labute approximate surface area is 96.4 Å². The normalized spacial score (nSPS) is 23.8. The first kappa shape index (κ1) is 10.3. The van der Waals surface area contributed by atoms with E-state index in [1.54, 1.807) is 0 Å². The Morgan fingerprint density at radius 1 is 1.38 bits per heavy atom. The molecule has 3 rings (SSSR count). The first-order valence-electron chi connectivity index (χ1n) is 6.49. The third kappa shape index (κ3) is 2.01. The number of rotatable bonds is 4. The summed E-state index contributed by atoms with van der Waals surface area (Å²) in [5.74, 6) is 0.654. The van der Waals surface area contributed by atoms with Crippen molar-refractivity contribution < 1.29 is 4.52 Å². The van der Waals surface area contributed by atoms with Crippen LogP contribution in [-0.4, -0.2) is 10.7 Å². The molecule has 3 nitrogen and oxygen atoms in total. The average Bonchev–Trinajstić information content (AvgIpc) is 2.80. The van der Waals surface area contributed by atoms with Crippen LogP contribution in [0, 0.1) is 0 Å². The highest BCUT2D eigenvalue weighted by molar-refractivity contribution is 5.21. The maximum absolute atomic E-state index is 6.12. The van der Waals surface area contributed by atoms with Crippen LogP contribution < -0.4 is 5.73 Å². The first-order valence-corrected chi connectivity index (χ1v) is 6.49. The molecule has 2 N–H and O–H groups in total. The largest absolute Gasteiger partial charge is 0.364 e. The standard InChI is InChI=1S/C13H20N2O/c14-13(7-8-13)6-5-11-9-16-15-12(11)10-3-1-2-4-10/h9-10H,1-8,14H2. The highest BCUT2D eigenvalue weighted by Gasteiger charge is 2.37. The lowest BCUT2D eigenvalue weighted by atomic mass is 9.96. The number of aryl methyl sites for hydroxylation is 1. The Balaban J connectivity index is 1.66. The lowest BCUT2D eigenvalue weighted by Gasteiger charge is -2.10. The molecular weight excluding hydrogens is 200 g/mol. The molecule has 1 aromatic rings. The third-order valence-corrected chi connectivity index (χ3v) is 4.20. The van der Waals surface area contributed by atoms with Gasteiger partial charge in [-0.1, -0.05) is 18.0 Å². The molecule has 0 radical (unpaired) electrons. The van der Waals surface area contributed by atoms with Gasteiger partial charge in [0.25, 0.3) is 0 Å². The minimum Gasteiger partial charge on any atom is -0.364 e. The summed E-state index contributed by atoms with van der Waals surface area (Å²) in [4.78, 5) is 0. The topological polar surface area (TPSA) is 52.0 Å². The number of nitrogens with two attached hydrogens (primary N) is 1. The zero-order chi connectivity index (χ0) is 11.0. The van der Waals surface area contributed by atoms with Crippen molar-refractivity contribution in [2.75, 3.05) is 0 Å². The monoisotopic (exact) mass is 220 g/mol. The zero-order valence-corrected chi connectivity index (χ0v) is 9.74. The summed E-state index contributed by atoms with van der Waals surface area (Å²) in [6.45, 7) is 0. The quantitative estimate of drug-likeness (QED) is 0.848. The molecule has 0 unspecified atom stereocenters. The van der Waals surface area contributed by atoms with Crippen molar-refractivity contribution in [3.05, 3.63) is 17.5 Å². The molecule has 0 spiro atoms. The van der Waals surface area contributed by atoms with Gasteiger partial charge in [-0.2, -0.15) is 0 Å². The van der Waals surface area contributed by atoms with Gasteiger partial charge in [-0.25, -0.2) is 0 Å². The van der Waals surface area contributed by atoms with E-state index in [4.69, 9.17) is 10.3 Å². The molecule has 0 atom stereocenters. The van der Waals surface area contributed by atoms with Crippen molar-refractivity contribution in [1.29, 1.82) is 0 Å². The van der Waals surface area contributed by atoms with Crippen LogP contribution in [0.4, 0.5) is 0 Å². The van der Waals surface area contributed by atoms with Crippen LogP contribution in [0.2, 0.25) is 0 Å². The number of aromatic nitrogens is 1. The van der Waals surface area contributed by atoms with Crippen LogP contribution in [-0.2, 0) is 6.42 Å². The molecule has 2 fully saturated rings. The lowest BCUT2D eigenvalue weighted by molar-refractivity contribution is 0.404. The summed E-state index contributed by atoms with van der Waals surface area (Å²) in [6.07, 6.45) is 11.6. The lowest BCUT2D eigenvalue weighted by Crippen LogP contribution is -2.22. The molecule has 2 aliphatic rings. The molecule has 88 valence electrons. The van der Waals surface area contributed by atoms with Crippen molar-refractivity contribution in [3.8, 4) is 0 Å². The Morgan fingerprint density at radius 2 is 2.12 bits per heavy atom. The van der Waals surface area contributed by atoms with Gasteiger partial charge in [-0.05, 0) is 38.5 Å². The van der Waals surface area contributed by atoms with Crippen molar-refractivity contribution in [3.63, 3.8) is 0 Å². The molecule has 0 bridgehead atoms. The van der Waals surface area contributed by atoms with E-state index >= 15 is 0 Å². The molecule has 16 heavy (non-hydrogen) atoms. The van der Waals surface area contributed by atoms with Crippen molar-refractivity contribution >= 4 is 0 Å². The minimum absolute atomic E-state index is 0.143. The van der Waals surface area contributed by atoms with Crippen molar-refractivity contribution in [2.45, 2.75) is 62.8 Å². The molecule has 0 amide bonds. The Morgan fingerprint density at radius 3 is 2.81 bits per heavy atom. The smallest absolute Gasteiger partial charge is 0.127 e.